The van der Waals surface area contributed by atoms with Gasteiger partial charge in [-0.15, -0.1) is 0 Å². The first kappa shape index (κ1) is 30.1. The lowest BCUT2D eigenvalue weighted by Crippen LogP contribution is -2.17. The number of benzene rings is 2. The van der Waals surface area contributed by atoms with E-state index in [-0.39, 0.29) is 21.7 Å². The fourth-order valence-corrected chi connectivity index (χ4v) is 4.12. The normalized spacial score (nSPS) is 12.9. The molecule has 2 N–H and O–H groups in total. The van der Waals surface area contributed by atoms with Gasteiger partial charge in [0.2, 0.25) is 0 Å². The molecular formula is C32H52O2. The van der Waals surface area contributed by atoms with Crippen molar-refractivity contribution in [2.75, 3.05) is 0 Å². The molecule has 2 rings (SSSR count). The lowest BCUT2D eigenvalue weighted by molar-refractivity contribution is 0.422. The second kappa shape index (κ2) is 10.8. The average molecular weight is 469 g/mol. The number of para-hydroxylation sites is 1. The van der Waals surface area contributed by atoms with Gasteiger partial charge in [0, 0.05) is 0 Å². The van der Waals surface area contributed by atoms with Crippen LogP contribution in [-0.2, 0) is 28.1 Å². The summed E-state index contributed by atoms with van der Waals surface area (Å²) < 4.78 is 0. The standard InChI is InChI=1S/C18H30O.C14H22O/c1-8-9-10-13-11-14(17(2,3)4)16(19)15(12-13)18(5,6)7;1-13(2,3)10-8-7-9-11(12(10)15)14(4,5)6/h11-12,19H,8-10H2,1-7H3;7-9,15H,1-6H3. The Morgan fingerprint density at radius 3 is 1.18 bits per heavy atom. The minimum Gasteiger partial charge on any atom is -0.507 e. The van der Waals surface area contributed by atoms with Gasteiger partial charge in [-0.2, -0.15) is 0 Å². The number of unbranched alkanes of at least 4 members (excludes halogenated alkanes) is 1. The molecule has 0 amide bonds. The summed E-state index contributed by atoms with van der Waals surface area (Å²) in [5.41, 5.74) is 5.49. The predicted molar refractivity (Wildman–Crippen MR) is 150 cm³/mol. The Bertz CT molecular complexity index is 872. The van der Waals surface area contributed by atoms with Crippen LogP contribution in [0.2, 0.25) is 0 Å². The number of hydrogen-bond donors (Lipinski definition) is 2. The van der Waals surface area contributed by atoms with Gasteiger partial charge in [-0.25, -0.2) is 0 Å². The molecule has 0 unspecified atom stereocenters. The van der Waals surface area contributed by atoms with Crippen LogP contribution < -0.4 is 0 Å². The first-order valence-corrected chi connectivity index (χ1v) is 12.9. The number of phenolic OH excluding ortho intramolecular Hbond substituents is 2. The molecule has 0 saturated heterocycles. The molecule has 0 radical (unpaired) electrons. The molecule has 2 aromatic carbocycles. The third-order valence-electron chi connectivity index (χ3n) is 6.26. The Kier molecular flexibility index (Phi) is 9.51. The Hall–Kier alpha value is -1.96. The van der Waals surface area contributed by atoms with Crippen LogP contribution in [0.3, 0.4) is 0 Å². The number of aryl methyl sites for hydroxylation is 1. The van der Waals surface area contributed by atoms with Gasteiger partial charge in [-0.1, -0.05) is 127 Å². The van der Waals surface area contributed by atoms with Crippen LogP contribution in [0.4, 0.5) is 0 Å². The highest BCUT2D eigenvalue weighted by Gasteiger charge is 2.26. The molecule has 2 heteroatoms. The zero-order chi connectivity index (χ0) is 26.7. The van der Waals surface area contributed by atoms with Crippen molar-refractivity contribution in [3.63, 3.8) is 0 Å². The molecule has 0 heterocycles. The number of hydrogen-bond acceptors (Lipinski definition) is 2. The number of aromatic hydroxyl groups is 2. The predicted octanol–water partition coefficient (Wildman–Crippen LogP) is 9.32. The highest BCUT2D eigenvalue weighted by Crippen LogP contribution is 2.40. The number of rotatable bonds is 3. The molecule has 0 aliphatic heterocycles. The largest absolute Gasteiger partial charge is 0.507 e. The van der Waals surface area contributed by atoms with Crippen molar-refractivity contribution in [1.82, 2.24) is 0 Å². The quantitative estimate of drug-likeness (QED) is 0.471. The second-order valence-corrected chi connectivity index (χ2v) is 13.8. The van der Waals surface area contributed by atoms with E-state index in [1.165, 1.54) is 18.4 Å². The Balaban J connectivity index is 0.000000350. The monoisotopic (exact) mass is 468 g/mol. The Labute approximate surface area is 210 Å². The highest BCUT2D eigenvalue weighted by atomic mass is 16.3. The van der Waals surface area contributed by atoms with E-state index in [9.17, 15) is 10.2 Å². The fourth-order valence-electron chi connectivity index (χ4n) is 4.12. The minimum atomic E-state index is -0.0215. The molecule has 0 aliphatic carbocycles. The lowest BCUT2D eigenvalue weighted by atomic mass is 9.78. The van der Waals surface area contributed by atoms with Gasteiger partial charge < -0.3 is 10.2 Å². The molecule has 0 atom stereocenters. The maximum absolute atomic E-state index is 10.6. The highest BCUT2D eigenvalue weighted by molar-refractivity contribution is 5.50. The van der Waals surface area contributed by atoms with Gasteiger partial charge >= 0.3 is 0 Å². The topological polar surface area (TPSA) is 40.5 Å². The minimum absolute atomic E-state index is 0.00859. The van der Waals surface area contributed by atoms with Gasteiger partial charge in [-0.05, 0) is 62.3 Å². The Morgan fingerprint density at radius 2 is 0.882 bits per heavy atom. The van der Waals surface area contributed by atoms with Gasteiger partial charge in [-0.3, -0.25) is 0 Å². The van der Waals surface area contributed by atoms with Gasteiger partial charge in [0.25, 0.3) is 0 Å². The van der Waals surface area contributed by atoms with Crippen molar-refractivity contribution in [3.05, 3.63) is 58.1 Å². The van der Waals surface area contributed by atoms with Crippen molar-refractivity contribution in [3.8, 4) is 11.5 Å². The molecule has 34 heavy (non-hydrogen) atoms. The lowest BCUT2D eigenvalue weighted by Gasteiger charge is -2.28. The average Bonchev–Trinajstić information content (AvgIpc) is 2.64. The van der Waals surface area contributed by atoms with E-state index < -0.39 is 0 Å². The first-order chi connectivity index (χ1) is 15.2. The summed E-state index contributed by atoms with van der Waals surface area (Å²) in [6, 6.07) is 10.4. The summed E-state index contributed by atoms with van der Waals surface area (Å²) in [6.45, 7) is 27.9. The molecule has 2 aromatic rings. The van der Waals surface area contributed by atoms with Crippen molar-refractivity contribution in [2.24, 2.45) is 0 Å². The molecule has 0 spiro atoms. The number of phenols is 2. The molecule has 0 aliphatic rings. The summed E-state index contributed by atoms with van der Waals surface area (Å²) in [5, 5.41) is 20.9. The first-order valence-electron chi connectivity index (χ1n) is 12.9. The van der Waals surface area contributed by atoms with E-state index in [2.05, 4.69) is 102 Å². The summed E-state index contributed by atoms with van der Waals surface area (Å²) in [6.07, 6.45) is 3.51. The van der Waals surface area contributed by atoms with Crippen molar-refractivity contribution >= 4 is 0 Å². The Morgan fingerprint density at radius 1 is 0.559 bits per heavy atom. The van der Waals surface area contributed by atoms with E-state index >= 15 is 0 Å². The molecule has 0 saturated carbocycles. The van der Waals surface area contributed by atoms with Crippen molar-refractivity contribution < 1.29 is 10.2 Å². The van der Waals surface area contributed by atoms with Crippen LogP contribution in [-0.4, -0.2) is 10.2 Å². The van der Waals surface area contributed by atoms with Crippen LogP contribution >= 0.6 is 0 Å². The van der Waals surface area contributed by atoms with Crippen LogP contribution in [0.15, 0.2) is 30.3 Å². The van der Waals surface area contributed by atoms with Crippen LogP contribution in [0.5, 0.6) is 11.5 Å². The van der Waals surface area contributed by atoms with Crippen LogP contribution in [0, 0.1) is 0 Å². The molecule has 192 valence electrons. The summed E-state index contributed by atoms with van der Waals surface area (Å²) in [5.74, 6) is 0.942. The van der Waals surface area contributed by atoms with Crippen molar-refractivity contribution in [2.45, 2.75) is 131 Å². The van der Waals surface area contributed by atoms with E-state index in [4.69, 9.17) is 0 Å². The molecule has 0 aromatic heterocycles. The molecule has 0 bridgehead atoms. The van der Waals surface area contributed by atoms with E-state index in [0.717, 1.165) is 28.7 Å². The zero-order valence-corrected chi connectivity index (χ0v) is 24.4. The van der Waals surface area contributed by atoms with Gasteiger partial charge in [0.1, 0.15) is 11.5 Å². The SMILES string of the molecule is CC(C)(C)c1cccc(C(C)(C)C)c1O.CCCCc1cc(C(C)(C)C)c(O)c(C(C)(C)C)c1. The van der Waals surface area contributed by atoms with Gasteiger partial charge in [0.15, 0.2) is 0 Å². The van der Waals surface area contributed by atoms with E-state index in [1.54, 1.807) is 0 Å². The maximum atomic E-state index is 10.6. The van der Waals surface area contributed by atoms with E-state index in [1.807, 2.05) is 18.2 Å². The van der Waals surface area contributed by atoms with Crippen LogP contribution in [0.25, 0.3) is 0 Å². The third kappa shape index (κ3) is 8.07. The summed E-state index contributed by atoms with van der Waals surface area (Å²) in [7, 11) is 0. The van der Waals surface area contributed by atoms with E-state index in [0.29, 0.717) is 11.5 Å². The molecule has 2 nitrogen and oxygen atoms in total. The summed E-state index contributed by atoms with van der Waals surface area (Å²) >= 11 is 0. The zero-order valence-electron chi connectivity index (χ0n) is 24.4. The molecule has 0 fully saturated rings. The molecular weight excluding hydrogens is 416 g/mol. The van der Waals surface area contributed by atoms with Crippen LogP contribution in [0.1, 0.15) is 131 Å². The van der Waals surface area contributed by atoms with Gasteiger partial charge in [0.05, 0.1) is 0 Å². The smallest absolute Gasteiger partial charge is 0.123 e. The third-order valence-corrected chi connectivity index (χ3v) is 6.26. The summed E-state index contributed by atoms with van der Waals surface area (Å²) in [4.78, 5) is 0. The second-order valence-electron chi connectivity index (χ2n) is 13.8. The maximum Gasteiger partial charge on any atom is 0.123 e. The van der Waals surface area contributed by atoms with Crippen molar-refractivity contribution in [1.29, 1.82) is 0 Å². The fraction of sp³-hybridized carbons (Fsp3) is 0.625.